The van der Waals surface area contributed by atoms with Crippen LogP contribution in [-0.2, 0) is 21.2 Å². The molecule has 1 amide bonds. The fourth-order valence-electron chi connectivity index (χ4n) is 2.62. The van der Waals surface area contributed by atoms with E-state index in [1.165, 1.54) is 23.1 Å². The molecule has 0 unspecified atom stereocenters. The van der Waals surface area contributed by atoms with Gasteiger partial charge >= 0.3 is 0 Å². The largest absolute Gasteiger partial charge is 0.356 e. The van der Waals surface area contributed by atoms with Gasteiger partial charge in [0.2, 0.25) is 11.0 Å². The molecule has 1 atom stereocenters. The molecule has 0 radical (unpaired) electrons. The number of aromatic nitrogens is 2. The van der Waals surface area contributed by atoms with Crippen molar-refractivity contribution >= 4 is 44.0 Å². The van der Waals surface area contributed by atoms with Crippen LogP contribution in [0.4, 0.5) is 5.13 Å². The smallest absolute Gasteiger partial charge is 0.233 e. The molecule has 1 aromatic carbocycles. The molecule has 1 aromatic heterocycles. The van der Waals surface area contributed by atoms with Gasteiger partial charge in [0.05, 0.1) is 17.3 Å². The average molecular weight is 413 g/mol. The van der Waals surface area contributed by atoms with Crippen LogP contribution in [0.5, 0.6) is 0 Å². The molecule has 1 fully saturated rings. The van der Waals surface area contributed by atoms with E-state index < -0.39 is 9.84 Å². The number of anilines is 1. The second-order valence-electron chi connectivity index (χ2n) is 6.06. The van der Waals surface area contributed by atoms with E-state index in [9.17, 15) is 13.2 Å². The summed E-state index contributed by atoms with van der Waals surface area (Å²) in [6.07, 6.45) is 0.515. The van der Waals surface area contributed by atoms with Crippen LogP contribution in [0, 0.1) is 0 Å². The van der Waals surface area contributed by atoms with Crippen molar-refractivity contribution in [2.24, 2.45) is 0 Å². The van der Waals surface area contributed by atoms with Gasteiger partial charge in [-0.15, -0.1) is 10.2 Å². The fraction of sp³-hybridized carbons (Fsp3) is 0.438. The molecular formula is C16H20N4O3S3. The van der Waals surface area contributed by atoms with Crippen molar-refractivity contribution in [1.29, 1.82) is 0 Å². The minimum atomic E-state index is -3.00. The Kier molecular flexibility index (Phi) is 6.15. The van der Waals surface area contributed by atoms with Gasteiger partial charge in [-0.25, -0.2) is 8.42 Å². The highest BCUT2D eigenvalue weighted by Gasteiger charge is 2.32. The number of hydrogen-bond donors (Lipinski definition) is 1. The van der Waals surface area contributed by atoms with E-state index in [2.05, 4.69) is 15.5 Å². The van der Waals surface area contributed by atoms with Crippen LogP contribution < -0.4 is 5.32 Å². The number of sulfone groups is 1. The van der Waals surface area contributed by atoms with Gasteiger partial charge in [0, 0.05) is 19.6 Å². The SMILES string of the molecule is CN(C(=O)CSc1nnc(NCc2ccccc2)s1)[C@@H]1CCS(=O)(=O)C1. The number of nitrogens with one attached hydrogen (secondary N) is 1. The molecule has 0 saturated carbocycles. The van der Waals surface area contributed by atoms with Gasteiger partial charge in [0.1, 0.15) is 0 Å². The van der Waals surface area contributed by atoms with Gasteiger partial charge in [0.15, 0.2) is 14.2 Å². The Morgan fingerprint density at radius 1 is 1.35 bits per heavy atom. The molecule has 7 nitrogen and oxygen atoms in total. The van der Waals surface area contributed by atoms with Gasteiger partial charge < -0.3 is 10.2 Å². The Balaban J connectivity index is 1.46. The summed E-state index contributed by atoms with van der Waals surface area (Å²) in [5, 5.41) is 12.1. The number of benzene rings is 1. The normalized spacial score (nSPS) is 18.6. The highest BCUT2D eigenvalue weighted by Crippen LogP contribution is 2.26. The first kappa shape index (κ1) is 19.1. The number of thioether (sulfide) groups is 1. The van der Waals surface area contributed by atoms with Crippen LogP contribution in [-0.4, -0.2) is 59.8 Å². The number of carbonyl (C=O) groups is 1. The van der Waals surface area contributed by atoms with Crippen molar-refractivity contribution < 1.29 is 13.2 Å². The number of hydrogen-bond acceptors (Lipinski definition) is 8. The van der Waals surface area contributed by atoms with Gasteiger partial charge in [-0.3, -0.25) is 4.79 Å². The summed E-state index contributed by atoms with van der Waals surface area (Å²) in [5.74, 6) is 0.355. The van der Waals surface area contributed by atoms with Crippen molar-refractivity contribution in [3.05, 3.63) is 35.9 Å². The maximum atomic E-state index is 12.3. The third kappa shape index (κ3) is 5.18. The van der Waals surface area contributed by atoms with Crippen LogP contribution in [0.3, 0.4) is 0 Å². The maximum Gasteiger partial charge on any atom is 0.233 e. The van der Waals surface area contributed by atoms with E-state index >= 15 is 0 Å². The molecule has 0 aliphatic carbocycles. The second kappa shape index (κ2) is 8.36. The molecule has 2 aromatic rings. The van der Waals surface area contributed by atoms with Crippen LogP contribution in [0.1, 0.15) is 12.0 Å². The van der Waals surface area contributed by atoms with Crippen LogP contribution >= 0.6 is 23.1 Å². The Hall–Kier alpha value is -1.65. The first-order valence-corrected chi connectivity index (χ1v) is 11.8. The number of rotatable bonds is 7. The zero-order valence-corrected chi connectivity index (χ0v) is 16.7. The average Bonchev–Trinajstić information content (AvgIpc) is 3.24. The van der Waals surface area contributed by atoms with Gasteiger partial charge in [0.25, 0.3) is 0 Å². The molecule has 10 heteroatoms. The maximum absolute atomic E-state index is 12.3. The van der Waals surface area contributed by atoms with Crippen molar-refractivity contribution in [1.82, 2.24) is 15.1 Å². The van der Waals surface area contributed by atoms with Gasteiger partial charge in [-0.2, -0.15) is 0 Å². The van der Waals surface area contributed by atoms with Crippen LogP contribution in [0.15, 0.2) is 34.7 Å². The summed E-state index contributed by atoms with van der Waals surface area (Å²) < 4.78 is 23.8. The quantitative estimate of drug-likeness (QED) is 0.694. The lowest BCUT2D eigenvalue weighted by Gasteiger charge is -2.22. The summed E-state index contributed by atoms with van der Waals surface area (Å²) in [7, 11) is -1.33. The number of amides is 1. The van der Waals surface area contributed by atoms with E-state index in [4.69, 9.17) is 0 Å². The Morgan fingerprint density at radius 2 is 2.12 bits per heavy atom. The summed E-state index contributed by atoms with van der Waals surface area (Å²) in [6, 6.07) is 9.78. The Labute approximate surface area is 161 Å². The van der Waals surface area contributed by atoms with Gasteiger partial charge in [-0.05, 0) is 12.0 Å². The van der Waals surface area contributed by atoms with Crippen molar-refractivity contribution in [3.63, 3.8) is 0 Å². The third-order valence-corrected chi connectivity index (χ3v) is 7.91. The fourth-order valence-corrected chi connectivity index (χ4v) is 6.07. The summed E-state index contributed by atoms with van der Waals surface area (Å²) in [4.78, 5) is 13.8. The first-order valence-electron chi connectivity index (χ1n) is 8.13. The first-order chi connectivity index (χ1) is 12.4. The lowest BCUT2D eigenvalue weighted by atomic mass is 10.2. The second-order valence-corrected chi connectivity index (χ2v) is 10.5. The minimum Gasteiger partial charge on any atom is -0.356 e. The molecule has 2 heterocycles. The lowest BCUT2D eigenvalue weighted by molar-refractivity contribution is -0.128. The van der Waals surface area contributed by atoms with Crippen molar-refractivity contribution in [2.75, 3.05) is 29.6 Å². The van der Waals surface area contributed by atoms with E-state index in [1.807, 2.05) is 30.3 Å². The van der Waals surface area contributed by atoms with E-state index in [0.29, 0.717) is 22.4 Å². The molecule has 140 valence electrons. The molecule has 1 N–H and O–H groups in total. The monoisotopic (exact) mass is 412 g/mol. The van der Waals surface area contributed by atoms with Gasteiger partial charge in [-0.1, -0.05) is 53.4 Å². The van der Waals surface area contributed by atoms with E-state index in [0.717, 1.165) is 5.56 Å². The minimum absolute atomic E-state index is 0.0618. The lowest BCUT2D eigenvalue weighted by Crippen LogP contribution is -2.38. The van der Waals surface area contributed by atoms with Crippen LogP contribution in [0.2, 0.25) is 0 Å². The zero-order valence-electron chi connectivity index (χ0n) is 14.3. The number of carbonyl (C=O) groups excluding carboxylic acids is 1. The highest BCUT2D eigenvalue weighted by molar-refractivity contribution is 8.01. The molecule has 0 bridgehead atoms. The molecule has 1 aliphatic heterocycles. The van der Waals surface area contributed by atoms with Crippen LogP contribution in [0.25, 0.3) is 0 Å². The third-order valence-electron chi connectivity index (χ3n) is 4.16. The Bertz CT molecular complexity index is 855. The summed E-state index contributed by atoms with van der Waals surface area (Å²) in [6.45, 7) is 0.665. The molecule has 26 heavy (non-hydrogen) atoms. The van der Waals surface area contributed by atoms with Crippen molar-refractivity contribution in [3.8, 4) is 0 Å². The molecule has 3 rings (SSSR count). The number of nitrogens with zero attached hydrogens (tertiary/aromatic N) is 3. The van der Waals surface area contributed by atoms with Crippen molar-refractivity contribution in [2.45, 2.75) is 23.3 Å². The standard InChI is InChI=1S/C16H20N4O3S3/c1-20(13-7-8-26(22,23)11-13)14(21)10-24-16-19-18-15(25-16)17-9-12-5-3-2-4-6-12/h2-6,13H,7-11H2,1H3,(H,17,18)/t13-/m1/s1. The molecular weight excluding hydrogens is 392 g/mol. The molecule has 1 aliphatic rings. The predicted octanol–water partition coefficient (Wildman–Crippen LogP) is 1.89. The topological polar surface area (TPSA) is 92.3 Å². The molecule has 1 saturated heterocycles. The molecule has 0 spiro atoms. The predicted molar refractivity (Wildman–Crippen MR) is 104 cm³/mol. The Morgan fingerprint density at radius 3 is 2.81 bits per heavy atom. The summed E-state index contributed by atoms with van der Waals surface area (Å²) >= 11 is 2.72. The van der Waals surface area contributed by atoms with E-state index in [1.54, 1.807) is 11.9 Å². The summed E-state index contributed by atoms with van der Waals surface area (Å²) in [5.41, 5.74) is 1.15. The zero-order chi connectivity index (χ0) is 18.6. The highest BCUT2D eigenvalue weighted by atomic mass is 32.2. The van der Waals surface area contributed by atoms with E-state index in [-0.39, 0.29) is 29.2 Å².